The van der Waals surface area contributed by atoms with Gasteiger partial charge in [0.2, 0.25) is 0 Å². The van der Waals surface area contributed by atoms with Crippen LogP contribution in [0.25, 0.3) is 11.3 Å². The van der Waals surface area contributed by atoms with Crippen molar-refractivity contribution in [3.05, 3.63) is 99.2 Å². The summed E-state index contributed by atoms with van der Waals surface area (Å²) in [4.78, 5) is 15.6. The minimum atomic E-state index is -0.392. The number of aromatic nitrogens is 2. The summed E-state index contributed by atoms with van der Waals surface area (Å²) in [6.45, 7) is 5.33. The van der Waals surface area contributed by atoms with Gasteiger partial charge in [0, 0.05) is 27.7 Å². The lowest BCUT2D eigenvalue weighted by Crippen LogP contribution is -2.29. The molecule has 0 spiro atoms. The zero-order valence-electron chi connectivity index (χ0n) is 21.5. The summed E-state index contributed by atoms with van der Waals surface area (Å²) in [7, 11) is 1.63. The van der Waals surface area contributed by atoms with Gasteiger partial charge in [0.25, 0.3) is 5.91 Å². The molecule has 8 heteroatoms. The second-order valence-electron chi connectivity index (χ2n) is 9.77. The smallest absolute Gasteiger partial charge is 0.273 e. The molecule has 1 N–H and O–H groups in total. The zero-order chi connectivity index (χ0) is 26.8. The third kappa shape index (κ3) is 5.24. The fourth-order valence-electron chi connectivity index (χ4n) is 4.70. The number of hydrogen-bond donors (Lipinski definition) is 1. The Morgan fingerprint density at radius 3 is 2.32 bits per heavy atom. The number of halogens is 2. The zero-order valence-corrected chi connectivity index (χ0v) is 23.0. The van der Waals surface area contributed by atoms with Crippen molar-refractivity contribution < 1.29 is 14.3 Å². The van der Waals surface area contributed by atoms with Crippen LogP contribution in [0.1, 0.15) is 53.5 Å². The van der Waals surface area contributed by atoms with E-state index >= 15 is 0 Å². The fourth-order valence-corrected chi connectivity index (χ4v) is 4.95. The largest absolute Gasteiger partial charge is 0.493 e. The van der Waals surface area contributed by atoms with E-state index in [9.17, 15) is 4.79 Å². The van der Waals surface area contributed by atoms with Gasteiger partial charge in [0.05, 0.1) is 25.5 Å². The maximum absolute atomic E-state index is 13.7. The standard InChI is InChI=1S/C30H29Cl2N3O3/c1-18(2)14-15-38-24-13-8-21(16-25(24)37-3)29-26-27(20-6-11-23(32)12-7-20)33-34-28(26)30(36)35(29)17-19-4-9-22(31)10-5-19/h4-13,16,18,29H,14-15,17H2,1-3H3,(H,33,34). The summed E-state index contributed by atoms with van der Waals surface area (Å²) < 4.78 is 11.7. The molecule has 5 rings (SSSR count). The van der Waals surface area contributed by atoms with E-state index in [0.29, 0.717) is 52.0 Å². The Morgan fingerprint density at radius 2 is 1.66 bits per heavy atom. The molecule has 6 nitrogen and oxygen atoms in total. The van der Waals surface area contributed by atoms with E-state index in [2.05, 4.69) is 24.0 Å². The van der Waals surface area contributed by atoms with Crippen molar-refractivity contribution in [1.82, 2.24) is 15.1 Å². The predicted molar refractivity (Wildman–Crippen MR) is 150 cm³/mol. The molecule has 1 aliphatic heterocycles. The fraction of sp³-hybridized carbons (Fsp3) is 0.267. The molecule has 0 saturated carbocycles. The summed E-state index contributed by atoms with van der Waals surface area (Å²) >= 11 is 12.2. The number of aromatic amines is 1. The number of ether oxygens (including phenoxy) is 2. The van der Waals surface area contributed by atoms with E-state index in [1.807, 2.05) is 71.6 Å². The number of nitrogens with one attached hydrogen (secondary N) is 1. The number of methoxy groups -OCH3 is 1. The van der Waals surface area contributed by atoms with Crippen molar-refractivity contribution in [3.8, 4) is 22.8 Å². The number of carbonyl (C=O) groups is 1. The van der Waals surface area contributed by atoms with Gasteiger partial charge in [-0.3, -0.25) is 9.89 Å². The average Bonchev–Trinajstić information content (AvgIpc) is 3.45. The van der Waals surface area contributed by atoms with Gasteiger partial charge in [0.15, 0.2) is 11.5 Å². The highest BCUT2D eigenvalue weighted by atomic mass is 35.5. The first-order valence-electron chi connectivity index (χ1n) is 12.6. The van der Waals surface area contributed by atoms with Gasteiger partial charge >= 0.3 is 0 Å². The maximum Gasteiger partial charge on any atom is 0.273 e. The molecule has 2 heterocycles. The van der Waals surface area contributed by atoms with Crippen LogP contribution in [0.15, 0.2) is 66.7 Å². The van der Waals surface area contributed by atoms with Crippen molar-refractivity contribution >= 4 is 29.1 Å². The van der Waals surface area contributed by atoms with Gasteiger partial charge < -0.3 is 14.4 Å². The molecule has 1 aromatic heterocycles. The van der Waals surface area contributed by atoms with Crippen LogP contribution in [-0.2, 0) is 6.54 Å². The monoisotopic (exact) mass is 549 g/mol. The highest BCUT2D eigenvalue weighted by Gasteiger charge is 2.42. The quantitative estimate of drug-likeness (QED) is 0.234. The first-order valence-corrected chi connectivity index (χ1v) is 13.3. The topological polar surface area (TPSA) is 67.5 Å². The second kappa shape index (κ2) is 11.1. The number of fused-ring (bicyclic) bond motifs is 1. The van der Waals surface area contributed by atoms with Crippen molar-refractivity contribution in [1.29, 1.82) is 0 Å². The van der Waals surface area contributed by atoms with Crippen molar-refractivity contribution in [2.24, 2.45) is 5.92 Å². The molecule has 1 amide bonds. The molecular formula is C30H29Cl2N3O3. The first kappa shape index (κ1) is 26.1. The molecule has 0 bridgehead atoms. The van der Waals surface area contributed by atoms with E-state index in [1.54, 1.807) is 7.11 Å². The summed E-state index contributed by atoms with van der Waals surface area (Å²) in [6, 6.07) is 20.5. The molecule has 0 radical (unpaired) electrons. The summed E-state index contributed by atoms with van der Waals surface area (Å²) in [5.41, 5.74) is 4.76. The third-order valence-electron chi connectivity index (χ3n) is 6.70. The van der Waals surface area contributed by atoms with Crippen molar-refractivity contribution in [2.45, 2.75) is 32.9 Å². The molecule has 196 valence electrons. The molecule has 1 aliphatic rings. The van der Waals surface area contributed by atoms with E-state index in [0.717, 1.165) is 28.7 Å². The predicted octanol–water partition coefficient (Wildman–Crippen LogP) is 7.56. The molecule has 3 aromatic carbocycles. The van der Waals surface area contributed by atoms with Crippen LogP contribution >= 0.6 is 23.2 Å². The lowest BCUT2D eigenvalue weighted by atomic mass is 9.95. The molecule has 0 fully saturated rings. The van der Waals surface area contributed by atoms with Gasteiger partial charge in [-0.1, -0.05) is 67.4 Å². The van der Waals surface area contributed by atoms with Gasteiger partial charge in [-0.25, -0.2) is 0 Å². The Morgan fingerprint density at radius 1 is 0.974 bits per heavy atom. The number of benzene rings is 3. The average molecular weight is 550 g/mol. The summed E-state index contributed by atoms with van der Waals surface area (Å²) in [5, 5.41) is 8.83. The van der Waals surface area contributed by atoms with Crippen molar-refractivity contribution in [2.75, 3.05) is 13.7 Å². The number of hydrogen-bond acceptors (Lipinski definition) is 4. The molecular weight excluding hydrogens is 521 g/mol. The highest BCUT2D eigenvalue weighted by molar-refractivity contribution is 6.30. The minimum absolute atomic E-state index is 0.121. The second-order valence-corrected chi connectivity index (χ2v) is 10.6. The van der Waals surface area contributed by atoms with E-state index in [1.165, 1.54) is 0 Å². The van der Waals surface area contributed by atoms with Gasteiger partial charge in [-0.15, -0.1) is 0 Å². The Hall–Kier alpha value is -3.48. The van der Waals surface area contributed by atoms with Crippen LogP contribution in [0.3, 0.4) is 0 Å². The third-order valence-corrected chi connectivity index (χ3v) is 7.21. The minimum Gasteiger partial charge on any atom is -0.493 e. The SMILES string of the molecule is COc1cc(C2c3c(-c4ccc(Cl)cc4)n[nH]c3C(=O)N2Cc2ccc(Cl)cc2)ccc1OCCC(C)C. The van der Waals surface area contributed by atoms with Crippen LogP contribution in [0.5, 0.6) is 11.5 Å². The molecule has 1 unspecified atom stereocenters. The number of carbonyl (C=O) groups excluding carboxylic acids is 1. The van der Waals surface area contributed by atoms with Gasteiger partial charge in [-0.05, 0) is 59.9 Å². The molecule has 0 saturated heterocycles. The Labute approximate surface area is 232 Å². The molecule has 0 aliphatic carbocycles. The number of nitrogens with zero attached hydrogens (tertiary/aromatic N) is 2. The van der Waals surface area contributed by atoms with Gasteiger partial charge in [0.1, 0.15) is 5.69 Å². The van der Waals surface area contributed by atoms with E-state index in [4.69, 9.17) is 32.7 Å². The summed E-state index contributed by atoms with van der Waals surface area (Å²) in [6.07, 6.45) is 0.944. The van der Waals surface area contributed by atoms with Crippen LogP contribution < -0.4 is 9.47 Å². The van der Waals surface area contributed by atoms with Crippen molar-refractivity contribution in [3.63, 3.8) is 0 Å². The van der Waals surface area contributed by atoms with Crippen LogP contribution in [-0.4, -0.2) is 34.7 Å². The summed E-state index contributed by atoms with van der Waals surface area (Å²) in [5.74, 6) is 1.71. The van der Waals surface area contributed by atoms with Gasteiger partial charge in [-0.2, -0.15) is 5.10 Å². The number of amides is 1. The normalized spacial score (nSPS) is 14.7. The van der Waals surface area contributed by atoms with Crippen LogP contribution in [0.2, 0.25) is 10.0 Å². The van der Waals surface area contributed by atoms with Crippen LogP contribution in [0, 0.1) is 5.92 Å². The Kier molecular flexibility index (Phi) is 7.63. The highest BCUT2D eigenvalue weighted by Crippen LogP contribution is 2.45. The maximum atomic E-state index is 13.7. The molecule has 38 heavy (non-hydrogen) atoms. The van der Waals surface area contributed by atoms with E-state index in [-0.39, 0.29) is 5.91 Å². The first-order chi connectivity index (χ1) is 18.4. The lowest BCUT2D eigenvalue weighted by Gasteiger charge is -2.27. The Bertz CT molecular complexity index is 1430. The Balaban J connectivity index is 1.58. The molecule has 1 atom stereocenters. The number of H-pyrrole nitrogens is 1. The lowest BCUT2D eigenvalue weighted by molar-refractivity contribution is 0.0730. The molecule has 4 aromatic rings. The number of rotatable bonds is 9. The van der Waals surface area contributed by atoms with Crippen LogP contribution in [0.4, 0.5) is 0 Å². The van der Waals surface area contributed by atoms with E-state index < -0.39 is 6.04 Å².